The molecule has 2 heterocycles. The van der Waals surface area contributed by atoms with Crippen LogP contribution in [-0.2, 0) is 29.1 Å². The Labute approximate surface area is 202 Å². The van der Waals surface area contributed by atoms with Crippen LogP contribution in [0.1, 0.15) is 12.8 Å². The number of hydrogen-bond acceptors (Lipinski definition) is 8. The number of anilines is 1. The van der Waals surface area contributed by atoms with E-state index in [1.165, 1.54) is 4.90 Å². The lowest BCUT2D eigenvalue weighted by atomic mass is 10.2. The molecule has 14 heteroatoms. The molecule has 1 aromatic carbocycles. The Kier molecular flexibility index (Phi) is 7.26. The predicted molar refractivity (Wildman–Crippen MR) is 121 cm³/mol. The summed E-state index contributed by atoms with van der Waals surface area (Å²) in [5.74, 6) is -3.76. The first-order valence-corrected chi connectivity index (χ1v) is 12.7. The summed E-state index contributed by atoms with van der Waals surface area (Å²) in [4.78, 5) is 41.5. The minimum Gasteiger partial charge on any atom is -0.493 e. The molecule has 2 saturated heterocycles. The molecule has 1 atom stereocenters. The molecule has 1 aliphatic carbocycles. The SMILES string of the molecule is COc1c(N2CCOCC2=O)cc(F)cc1S(=O)(=O)N[C@@H](C(N)=O)C(=O)N1CCN(C2CC2)CC1. The minimum absolute atomic E-state index is 0.0563. The van der Waals surface area contributed by atoms with E-state index in [1.807, 2.05) is 4.72 Å². The first kappa shape index (κ1) is 25.3. The molecule has 35 heavy (non-hydrogen) atoms. The van der Waals surface area contributed by atoms with E-state index in [9.17, 15) is 27.2 Å². The fourth-order valence-corrected chi connectivity index (χ4v) is 5.67. The van der Waals surface area contributed by atoms with E-state index in [4.69, 9.17) is 15.2 Å². The molecule has 0 aromatic heterocycles. The smallest absolute Gasteiger partial charge is 0.253 e. The zero-order chi connectivity index (χ0) is 25.3. The molecular weight excluding hydrogens is 485 g/mol. The number of primary amides is 1. The van der Waals surface area contributed by atoms with E-state index in [0.29, 0.717) is 38.3 Å². The molecule has 192 valence electrons. The van der Waals surface area contributed by atoms with Crippen LogP contribution in [0.4, 0.5) is 10.1 Å². The van der Waals surface area contributed by atoms with Gasteiger partial charge in [-0.2, -0.15) is 4.72 Å². The molecule has 0 bridgehead atoms. The Hall–Kier alpha value is -2.81. The van der Waals surface area contributed by atoms with E-state index < -0.39 is 44.5 Å². The van der Waals surface area contributed by atoms with Crippen molar-refractivity contribution >= 4 is 33.4 Å². The highest BCUT2D eigenvalue weighted by Gasteiger charge is 2.39. The number of hydrogen-bond donors (Lipinski definition) is 2. The molecular formula is C21H28FN5O7S. The van der Waals surface area contributed by atoms with Gasteiger partial charge in [0.25, 0.3) is 11.8 Å². The largest absolute Gasteiger partial charge is 0.493 e. The van der Waals surface area contributed by atoms with Gasteiger partial charge in [-0.1, -0.05) is 0 Å². The van der Waals surface area contributed by atoms with Crippen LogP contribution in [0.2, 0.25) is 0 Å². The van der Waals surface area contributed by atoms with Crippen molar-refractivity contribution in [2.45, 2.75) is 29.8 Å². The second-order valence-electron chi connectivity index (χ2n) is 8.60. The fourth-order valence-electron chi connectivity index (χ4n) is 4.31. The van der Waals surface area contributed by atoms with E-state index >= 15 is 0 Å². The Morgan fingerprint density at radius 2 is 1.89 bits per heavy atom. The third kappa shape index (κ3) is 5.39. The lowest BCUT2D eigenvalue weighted by molar-refractivity contribution is -0.139. The summed E-state index contributed by atoms with van der Waals surface area (Å²) in [5, 5.41) is 0. The molecule has 4 rings (SSSR count). The van der Waals surface area contributed by atoms with E-state index in [2.05, 4.69) is 4.90 Å². The summed E-state index contributed by atoms with van der Waals surface area (Å²) < 4.78 is 53.4. The highest BCUT2D eigenvalue weighted by molar-refractivity contribution is 7.89. The van der Waals surface area contributed by atoms with Crippen molar-refractivity contribution in [3.8, 4) is 5.75 Å². The molecule has 3 aliphatic rings. The number of nitrogens with one attached hydrogen (secondary N) is 1. The number of ether oxygens (including phenoxy) is 2. The number of nitrogens with two attached hydrogens (primary N) is 1. The van der Waals surface area contributed by atoms with Gasteiger partial charge in [-0.05, 0) is 18.9 Å². The molecule has 1 aromatic rings. The van der Waals surface area contributed by atoms with Crippen molar-refractivity contribution in [1.29, 1.82) is 0 Å². The first-order valence-electron chi connectivity index (χ1n) is 11.2. The van der Waals surface area contributed by atoms with Crippen LogP contribution in [0.15, 0.2) is 17.0 Å². The summed E-state index contributed by atoms with van der Waals surface area (Å²) in [6.07, 6.45) is 2.23. The molecule has 0 radical (unpaired) electrons. The quantitative estimate of drug-likeness (QED) is 0.404. The summed E-state index contributed by atoms with van der Waals surface area (Å²) >= 11 is 0. The highest BCUT2D eigenvalue weighted by atomic mass is 32.2. The topological polar surface area (TPSA) is 152 Å². The van der Waals surface area contributed by atoms with Gasteiger partial charge >= 0.3 is 0 Å². The van der Waals surface area contributed by atoms with Crippen molar-refractivity contribution in [3.05, 3.63) is 17.9 Å². The Balaban J connectivity index is 1.59. The number of carbonyl (C=O) groups is 3. The molecule has 1 saturated carbocycles. The van der Waals surface area contributed by atoms with Gasteiger partial charge in [0.05, 0.1) is 19.4 Å². The second kappa shape index (κ2) is 10.0. The number of benzene rings is 1. The number of piperazine rings is 1. The molecule has 0 spiro atoms. The monoisotopic (exact) mass is 513 g/mol. The van der Waals surface area contributed by atoms with Crippen LogP contribution < -0.4 is 20.1 Å². The van der Waals surface area contributed by atoms with E-state index in [1.54, 1.807) is 0 Å². The van der Waals surface area contributed by atoms with Crippen molar-refractivity contribution in [1.82, 2.24) is 14.5 Å². The third-order valence-corrected chi connectivity index (χ3v) is 7.69. The predicted octanol–water partition coefficient (Wildman–Crippen LogP) is -1.36. The van der Waals surface area contributed by atoms with Crippen molar-refractivity contribution in [2.24, 2.45) is 5.73 Å². The van der Waals surface area contributed by atoms with Gasteiger partial charge in [-0.15, -0.1) is 0 Å². The lowest BCUT2D eigenvalue weighted by Gasteiger charge is -2.36. The molecule has 12 nitrogen and oxygen atoms in total. The number of methoxy groups -OCH3 is 1. The van der Waals surface area contributed by atoms with Crippen LogP contribution in [0.25, 0.3) is 0 Å². The molecule has 3 fully saturated rings. The second-order valence-corrected chi connectivity index (χ2v) is 10.3. The van der Waals surface area contributed by atoms with Crippen molar-refractivity contribution in [3.63, 3.8) is 0 Å². The van der Waals surface area contributed by atoms with Gasteiger partial charge < -0.3 is 25.0 Å². The van der Waals surface area contributed by atoms with Crippen LogP contribution in [0, 0.1) is 5.82 Å². The fraction of sp³-hybridized carbons (Fsp3) is 0.571. The maximum Gasteiger partial charge on any atom is 0.253 e. The number of rotatable bonds is 8. The van der Waals surface area contributed by atoms with Gasteiger partial charge in [0, 0.05) is 44.8 Å². The van der Waals surface area contributed by atoms with Crippen LogP contribution in [0.5, 0.6) is 5.75 Å². The van der Waals surface area contributed by atoms with Crippen molar-refractivity contribution < 1.29 is 36.7 Å². The number of halogens is 1. The maximum atomic E-state index is 14.5. The third-order valence-electron chi connectivity index (χ3n) is 6.26. The normalized spacial score (nSPS) is 20.6. The standard InChI is InChI=1S/C21H28FN5O7S/c1-33-19-15(27-8-9-34-12-17(27)28)10-13(22)11-16(19)35(31,32)24-18(20(23)29)21(30)26-6-4-25(5-7-26)14-2-3-14/h10-11,14,18,24H,2-9,12H2,1H3,(H2,23,29)/t18-/m0/s1. The van der Waals surface area contributed by atoms with Gasteiger partial charge in [0.15, 0.2) is 11.8 Å². The van der Waals surface area contributed by atoms with Gasteiger partial charge in [-0.25, -0.2) is 12.8 Å². The maximum absolute atomic E-state index is 14.5. The number of amides is 3. The number of morpholine rings is 1. The summed E-state index contributed by atoms with van der Waals surface area (Å²) in [6, 6.07) is 0.281. The van der Waals surface area contributed by atoms with Crippen molar-refractivity contribution in [2.75, 3.05) is 57.9 Å². The number of carbonyl (C=O) groups excluding carboxylic acids is 3. The van der Waals surface area contributed by atoms with Crippen LogP contribution in [0.3, 0.4) is 0 Å². The summed E-state index contributed by atoms with van der Waals surface area (Å²) in [6.45, 7) is 1.85. The van der Waals surface area contributed by atoms with Crippen LogP contribution >= 0.6 is 0 Å². The molecule has 0 unspecified atom stereocenters. The Bertz CT molecular complexity index is 1120. The van der Waals surface area contributed by atoms with Gasteiger partial charge in [-0.3, -0.25) is 19.3 Å². The average Bonchev–Trinajstić information content (AvgIpc) is 3.67. The lowest BCUT2D eigenvalue weighted by Crippen LogP contribution is -2.58. The average molecular weight is 514 g/mol. The molecule has 3 N–H and O–H groups in total. The summed E-state index contributed by atoms with van der Waals surface area (Å²) in [7, 11) is -3.53. The van der Waals surface area contributed by atoms with Gasteiger partial charge in [0.1, 0.15) is 17.3 Å². The highest BCUT2D eigenvalue weighted by Crippen LogP contribution is 2.37. The van der Waals surface area contributed by atoms with E-state index in [-0.39, 0.29) is 31.2 Å². The zero-order valence-electron chi connectivity index (χ0n) is 19.2. The Morgan fingerprint density at radius 1 is 1.20 bits per heavy atom. The first-order chi connectivity index (χ1) is 16.6. The van der Waals surface area contributed by atoms with Crippen LogP contribution in [-0.4, -0.2) is 101 Å². The zero-order valence-corrected chi connectivity index (χ0v) is 20.1. The Morgan fingerprint density at radius 3 is 2.46 bits per heavy atom. The minimum atomic E-state index is -4.69. The summed E-state index contributed by atoms with van der Waals surface area (Å²) in [5.41, 5.74) is 5.27. The molecule has 3 amide bonds. The number of sulfonamides is 1. The molecule has 2 aliphatic heterocycles. The number of nitrogens with zero attached hydrogens (tertiary/aromatic N) is 3. The van der Waals surface area contributed by atoms with Gasteiger partial charge in [0.2, 0.25) is 15.9 Å². The van der Waals surface area contributed by atoms with E-state index in [0.717, 1.165) is 30.9 Å².